The summed E-state index contributed by atoms with van der Waals surface area (Å²) in [5, 5.41) is 2.86. The Morgan fingerprint density at radius 2 is 1.78 bits per heavy atom. The number of nitrogens with zero attached hydrogens (tertiary/aromatic N) is 2. The van der Waals surface area contributed by atoms with Crippen molar-refractivity contribution in [1.29, 1.82) is 0 Å². The average Bonchev–Trinajstić information content (AvgIpc) is 3.46. The zero-order chi connectivity index (χ0) is 22.4. The van der Waals surface area contributed by atoms with Gasteiger partial charge in [-0.15, -0.1) is 0 Å². The lowest BCUT2D eigenvalue weighted by Crippen LogP contribution is -2.54. The van der Waals surface area contributed by atoms with Crippen molar-refractivity contribution in [2.24, 2.45) is 11.8 Å². The molecule has 3 amide bonds. The molecule has 32 heavy (non-hydrogen) atoms. The number of para-hydroxylation sites is 1. The molecule has 2 aromatic carbocycles. The van der Waals surface area contributed by atoms with E-state index < -0.39 is 40.9 Å². The summed E-state index contributed by atoms with van der Waals surface area (Å²) in [4.78, 5) is 43.5. The van der Waals surface area contributed by atoms with Crippen molar-refractivity contribution in [2.75, 3.05) is 16.8 Å². The molecule has 0 bridgehead atoms. The molecule has 9 heteroatoms. The van der Waals surface area contributed by atoms with E-state index in [0.717, 1.165) is 23.5 Å². The first kappa shape index (κ1) is 19.5. The van der Waals surface area contributed by atoms with Crippen molar-refractivity contribution in [3.8, 4) is 0 Å². The van der Waals surface area contributed by atoms with Crippen molar-refractivity contribution < 1.29 is 27.6 Å². The van der Waals surface area contributed by atoms with Gasteiger partial charge in [-0.2, -0.15) is 13.2 Å². The molecule has 3 saturated heterocycles. The van der Waals surface area contributed by atoms with Crippen LogP contribution < -0.4 is 10.2 Å². The van der Waals surface area contributed by atoms with Gasteiger partial charge in [0.1, 0.15) is 5.54 Å². The lowest BCUT2D eigenvalue weighted by molar-refractivity contribution is -0.137. The van der Waals surface area contributed by atoms with E-state index in [1.807, 2.05) is 4.90 Å². The summed E-state index contributed by atoms with van der Waals surface area (Å²) in [7, 11) is 0. The van der Waals surface area contributed by atoms with E-state index in [9.17, 15) is 27.6 Å². The van der Waals surface area contributed by atoms with Crippen LogP contribution in [-0.4, -0.2) is 35.2 Å². The Morgan fingerprint density at radius 3 is 2.56 bits per heavy atom. The molecule has 0 radical (unpaired) electrons. The van der Waals surface area contributed by atoms with Gasteiger partial charge in [-0.05, 0) is 43.7 Å². The fourth-order valence-electron chi connectivity index (χ4n) is 6.23. The van der Waals surface area contributed by atoms with Gasteiger partial charge >= 0.3 is 6.18 Å². The molecule has 4 atom stereocenters. The van der Waals surface area contributed by atoms with Crippen molar-refractivity contribution in [2.45, 2.75) is 30.6 Å². The summed E-state index contributed by atoms with van der Waals surface area (Å²) < 4.78 is 39.8. The first-order valence-electron chi connectivity index (χ1n) is 10.5. The molecule has 6 rings (SSSR count). The second-order valence-electron chi connectivity index (χ2n) is 8.73. The number of nitrogens with one attached hydrogen (secondary N) is 1. The van der Waals surface area contributed by atoms with Gasteiger partial charge in [-0.3, -0.25) is 19.3 Å². The van der Waals surface area contributed by atoms with Crippen LogP contribution in [0.5, 0.6) is 0 Å². The van der Waals surface area contributed by atoms with Crippen molar-refractivity contribution in [1.82, 2.24) is 4.90 Å². The van der Waals surface area contributed by atoms with E-state index in [2.05, 4.69) is 5.32 Å². The number of hydrogen-bond donors (Lipinski definition) is 1. The van der Waals surface area contributed by atoms with E-state index in [4.69, 9.17) is 0 Å². The predicted molar refractivity (Wildman–Crippen MR) is 107 cm³/mol. The Bertz CT molecular complexity index is 1200. The molecule has 6 nitrogen and oxygen atoms in total. The summed E-state index contributed by atoms with van der Waals surface area (Å²) in [6, 6.07) is 11.0. The molecule has 0 saturated carbocycles. The Kier molecular flexibility index (Phi) is 3.77. The van der Waals surface area contributed by atoms with E-state index >= 15 is 0 Å². The third kappa shape index (κ3) is 2.21. The fraction of sp³-hybridized carbons (Fsp3) is 0.348. The standard InChI is InChI=1S/C23H18F3N3O3/c24-23(25,26)12-5-3-6-13(11-12)29-19(30)17-16-9-4-10-28(16)22(18(17)20(29)31)14-7-1-2-8-15(14)27-21(22)32/h1-3,5-8,11,16-18H,4,9-10H2,(H,27,32)/t16-,17+,18+,22+/m0/s1. The molecule has 2 aromatic rings. The van der Waals surface area contributed by atoms with Crippen LogP contribution in [0.2, 0.25) is 0 Å². The maximum Gasteiger partial charge on any atom is 0.416 e. The van der Waals surface area contributed by atoms with Gasteiger partial charge in [0.2, 0.25) is 17.7 Å². The van der Waals surface area contributed by atoms with Crippen LogP contribution in [0, 0.1) is 11.8 Å². The number of halogens is 3. The Balaban J connectivity index is 1.52. The fourth-order valence-corrected chi connectivity index (χ4v) is 6.23. The summed E-state index contributed by atoms with van der Waals surface area (Å²) >= 11 is 0. The minimum Gasteiger partial charge on any atom is -0.324 e. The van der Waals surface area contributed by atoms with Gasteiger partial charge in [0.15, 0.2) is 0 Å². The van der Waals surface area contributed by atoms with Crippen molar-refractivity contribution >= 4 is 29.1 Å². The molecule has 4 heterocycles. The molecule has 4 aliphatic rings. The largest absolute Gasteiger partial charge is 0.416 e. The normalized spacial score (nSPS) is 31.3. The monoisotopic (exact) mass is 441 g/mol. The minimum atomic E-state index is -4.61. The quantitative estimate of drug-likeness (QED) is 0.691. The van der Waals surface area contributed by atoms with Gasteiger partial charge < -0.3 is 5.32 Å². The van der Waals surface area contributed by atoms with Crippen molar-refractivity contribution in [3.05, 3.63) is 59.7 Å². The van der Waals surface area contributed by atoms with Gasteiger partial charge in [-0.1, -0.05) is 24.3 Å². The topological polar surface area (TPSA) is 69.7 Å². The average molecular weight is 441 g/mol. The van der Waals surface area contributed by atoms with Gasteiger partial charge in [0, 0.05) is 17.3 Å². The van der Waals surface area contributed by atoms with E-state index in [-0.39, 0.29) is 17.6 Å². The number of benzene rings is 2. The SMILES string of the molecule is O=C1[C@@H]2[C@@H]3CCCN3[C@@]3(C(=O)Nc4ccccc43)[C@H]2C(=O)N1c1cccc(C(F)(F)F)c1. The Morgan fingerprint density at radius 1 is 1.00 bits per heavy atom. The van der Waals surface area contributed by atoms with Gasteiger partial charge in [0.25, 0.3) is 0 Å². The highest BCUT2D eigenvalue weighted by Gasteiger charge is 2.74. The number of carbonyl (C=O) groups is 3. The summed E-state index contributed by atoms with van der Waals surface area (Å²) in [5.74, 6) is -3.29. The third-order valence-electron chi connectivity index (χ3n) is 7.33. The predicted octanol–water partition coefficient (Wildman–Crippen LogP) is 3.14. The molecule has 164 valence electrons. The van der Waals surface area contributed by atoms with Crippen LogP contribution in [-0.2, 0) is 26.1 Å². The number of fused-ring (bicyclic) bond motifs is 7. The van der Waals surface area contributed by atoms with Crippen LogP contribution in [0.4, 0.5) is 24.5 Å². The van der Waals surface area contributed by atoms with Crippen molar-refractivity contribution in [3.63, 3.8) is 0 Å². The molecule has 0 aromatic heterocycles. The number of imide groups is 1. The summed E-state index contributed by atoms with van der Waals surface area (Å²) in [5.41, 5.74) is -1.13. The number of rotatable bonds is 1. The lowest BCUT2D eigenvalue weighted by Gasteiger charge is -2.36. The van der Waals surface area contributed by atoms with Crippen LogP contribution in [0.15, 0.2) is 48.5 Å². The zero-order valence-electron chi connectivity index (χ0n) is 16.7. The highest BCUT2D eigenvalue weighted by molar-refractivity contribution is 6.25. The smallest absolute Gasteiger partial charge is 0.324 e. The first-order chi connectivity index (χ1) is 15.3. The van der Waals surface area contributed by atoms with Crippen LogP contribution in [0.1, 0.15) is 24.0 Å². The molecule has 1 N–H and O–H groups in total. The minimum absolute atomic E-state index is 0.115. The maximum absolute atomic E-state index is 13.7. The number of carbonyl (C=O) groups excluding carboxylic acids is 3. The molecule has 1 spiro atoms. The van der Waals surface area contributed by atoms with Crippen LogP contribution in [0.25, 0.3) is 0 Å². The highest BCUT2D eigenvalue weighted by atomic mass is 19.4. The summed E-state index contributed by atoms with van der Waals surface area (Å²) in [6.45, 7) is 0.573. The van der Waals surface area contributed by atoms with Crippen LogP contribution in [0.3, 0.4) is 0 Å². The molecule has 0 unspecified atom stereocenters. The Labute approximate surface area is 181 Å². The third-order valence-corrected chi connectivity index (χ3v) is 7.33. The first-order valence-corrected chi connectivity index (χ1v) is 10.5. The zero-order valence-corrected chi connectivity index (χ0v) is 16.7. The maximum atomic E-state index is 13.7. The molecule has 4 aliphatic heterocycles. The number of amides is 3. The molecule has 3 fully saturated rings. The van der Waals surface area contributed by atoms with E-state index in [1.54, 1.807) is 24.3 Å². The second-order valence-corrected chi connectivity index (χ2v) is 8.73. The highest BCUT2D eigenvalue weighted by Crippen LogP contribution is 2.60. The summed E-state index contributed by atoms with van der Waals surface area (Å²) in [6.07, 6.45) is -3.19. The Hall–Kier alpha value is -3.20. The lowest BCUT2D eigenvalue weighted by atomic mass is 9.75. The van der Waals surface area contributed by atoms with E-state index in [1.165, 1.54) is 12.1 Å². The molecular formula is C23H18F3N3O3. The second kappa shape index (κ2) is 6.19. The number of anilines is 2. The molecule has 0 aliphatic carbocycles. The number of hydrogen-bond acceptors (Lipinski definition) is 4. The van der Waals surface area contributed by atoms with Gasteiger partial charge in [0.05, 0.1) is 23.1 Å². The number of alkyl halides is 3. The van der Waals surface area contributed by atoms with E-state index in [0.29, 0.717) is 24.2 Å². The molecular weight excluding hydrogens is 423 g/mol. The van der Waals surface area contributed by atoms with Gasteiger partial charge in [-0.25, -0.2) is 4.90 Å². The van der Waals surface area contributed by atoms with Crippen LogP contribution >= 0.6 is 0 Å².